The molecule has 0 bridgehead atoms. The summed E-state index contributed by atoms with van der Waals surface area (Å²) in [4.78, 5) is 32.1. The van der Waals surface area contributed by atoms with Crippen LogP contribution in [0.3, 0.4) is 0 Å². The Morgan fingerprint density at radius 1 is 1.35 bits per heavy atom. The number of hydrogen-bond acceptors (Lipinski definition) is 6. The summed E-state index contributed by atoms with van der Waals surface area (Å²) >= 11 is 3.00. The van der Waals surface area contributed by atoms with E-state index in [1.807, 2.05) is 4.57 Å². The predicted molar refractivity (Wildman–Crippen MR) is 105 cm³/mol. The van der Waals surface area contributed by atoms with Crippen LogP contribution >= 0.6 is 23.1 Å². The van der Waals surface area contributed by atoms with Crippen LogP contribution in [0.15, 0.2) is 9.95 Å². The Hall–Kier alpha value is -1.34. The van der Waals surface area contributed by atoms with Crippen molar-refractivity contribution in [2.45, 2.75) is 63.1 Å². The number of aromatic nitrogens is 2. The van der Waals surface area contributed by atoms with Gasteiger partial charge in [-0.2, -0.15) is 0 Å². The number of fused-ring (bicyclic) bond motifs is 3. The zero-order valence-corrected chi connectivity index (χ0v) is 16.9. The van der Waals surface area contributed by atoms with Gasteiger partial charge in [0.05, 0.1) is 18.2 Å². The van der Waals surface area contributed by atoms with Gasteiger partial charge in [0.15, 0.2) is 5.16 Å². The zero-order valence-electron chi connectivity index (χ0n) is 15.2. The fourth-order valence-electron chi connectivity index (χ4n) is 4.15. The van der Waals surface area contributed by atoms with Gasteiger partial charge in [0, 0.05) is 10.9 Å². The molecule has 1 atom stereocenters. The van der Waals surface area contributed by atoms with Gasteiger partial charge in [0.2, 0.25) is 0 Å². The summed E-state index contributed by atoms with van der Waals surface area (Å²) < 4.78 is 6.64. The van der Waals surface area contributed by atoms with Gasteiger partial charge in [0.25, 0.3) is 5.56 Å². The maximum absolute atomic E-state index is 13.5. The molecule has 0 radical (unpaired) electrons. The van der Waals surface area contributed by atoms with Crippen molar-refractivity contribution in [1.82, 2.24) is 9.55 Å². The van der Waals surface area contributed by atoms with Gasteiger partial charge >= 0.3 is 5.97 Å². The average molecular weight is 393 g/mol. The number of carbonyl (C=O) groups is 1. The van der Waals surface area contributed by atoms with Crippen molar-refractivity contribution in [3.8, 4) is 0 Å². The van der Waals surface area contributed by atoms with E-state index in [0.717, 1.165) is 55.2 Å². The van der Waals surface area contributed by atoms with Crippen LogP contribution in [0.5, 0.6) is 0 Å². The molecule has 2 heterocycles. The topological polar surface area (TPSA) is 61.2 Å². The quantitative estimate of drug-likeness (QED) is 0.448. The highest BCUT2D eigenvalue weighted by molar-refractivity contribution is 7.99. The van der Waals surface area contributed by atoms with E-state index < -0.39 is 0 Å². The number of thioether (sulfide) groups is 1. The van der Waals surface area contributed by atoms with Gasteiger partial charge in [-0.05, 0) is 43.6 Å². The summed E-state index contributed by atoms with van der Waals surface area (Å²) in [6, 6.07) is 0.206. The van der Waals surface area contributed by atoms with E-state index in [4.69, 9.17) is 9.72 Å². The second-order valence-corrected chi connectivity index (χ2v) is 9.43. The molecule has 26 heavy (non-hydrogen) atoms. The molecule has 2 aliphatic carbocycles. The van der Waals surface area contributed by atoms with Gasteiger partial charge < -0.3 is 4.74 Å². The molecular weight excluding hydrogens is 368 g/mol. The molecule has 4 rings (SSSR count). The number of nitrogens with zero attached hydrogens (tertiary/aromatic N) is 2. The van der Waals surface area contributed by atoms with Crippen LogP contribution < -0.4 is 5.56 Å². The molecular formula is C19H24N2O3S2. The zero-order chi connectivity index (χ0) is 18.3. The molecule has 5 nitrogen and oxygen atoms in total. The van der Waals surface area contributed by atoms with E-state index in [9.17, 15) is 9.59 Å². The first-order valence-electron chi connectivity index (χ1n) is 9.35. The number of rotatable bonds is 4. The van der Waals surface area contributed by atoms with Crippen LogP contribution in [-0.2, 0) is 22.4 Å². The van der Waals surface area contributed by atoms with Crippen LogP contribution in [0.1, 0.15) is 55.5 Å². The molecule has 1 saturated carbocycles. The van der Waals surface area contributed by atoms with Crippen molar-refractivity contribution >= 4 is 39.3 Å². The molecule has 140 valence electrons. The highest BCUT2D eigenvalue weighted by Gasteiger charge is 2.28. The molecule has 1 fully saturated rings. The standard InChI is InChI=1S/C19H24N2O3S2/c1-11-7-8-13-14(9-11)26-17-16(13)18(23)21(12-5-3-4-6-12)19(20-17)25-10-15(22)24-2/h11-12H,3-10H2,1-2H3/t11-/m0/s1. The van der Waals surface area contributed by atoms with E-state index in [1.54, 1.807) is 11.3 Å². The Labute approximate surface area is 161 Å². The Balaban J connectivity index is 1.84. The third-order valence-corrected chi connectivity index (χ3v) is 7.64. The summed E-state index contributed by atoms with van der Waals surface area (Å²) in [6.07, 6.45) is 7.49. The number of ether oxygens (including phenoxy) is 1. The summed E-state index contributed by atoms with van der Waals surface area (Å²) in [5, 5.41) is 1.51. The van der Waals surface area contributed by atoms with E-state index >= 15 is 0 Å². The molecule has 0 aromatic carbocycles. The summed E-state index contributed by atoms with van der Waals surface area (Å²) in [6.45, 7) is 2.27. The molecule has 7 heteroatoms. The second-order valence-electron chi connectivity index (χ2n) is 7.40. The summed E-state index contributed by atoms with van der Waals surface area (Å²) in [5.41, 5.74) is 1.33. The van der Waals surface area contributed by atoms with Crippen LogP contribution in [0.2, 0.25) is 0 Å². The van der Waals surface area contributed by atoms with Crippen molar-refractivity contribution in [2.24, 2.45) is 5.92 Å². The lowest BCUT2D eigenvalue weighted by molar-refractivity contribution is -0.137. The van der Waals surface area contributed by atoms with Gasteiger partial charge in [-0.15, -0.1) is 11.3 Å². The third-order valence-electron chi connectivity index (χ3n) is 5.57. The number of esters is 1. The molecule has 2 aliphatic rings. The SMILES string of the molecule is COC(=O)CSc1nc2sc3c(c2c(=O)n1C1CCCC1)CC[C@H](C)C3. The molecule has 2 aromatic heterocycles. The van der Waals surface area contributed by atoms with E-state index in [2.05, 4.69) is 6.92 Å². The van der Waals surface area contributed by atoms with E-state index in [0.29, 0.717) is 11.1 Å². The van der Waals surface area contributed by atoms with Crippen molar-refractivity contribution in [1.29, 1.82) is 0 Å². The van der Waals surface area contributed by atoms with Gasteiger partial charge in [-0.3, -0.25) is 14.2 Å². The fraction of sp³-hybridized carbons (Fsp3) is 0.632. The first-order chi connectivity index (χ1) is 12.6. The third kappa shape index (κ3) is 3.20. The van der Waals surface area contributed by atoms with Crippen LogP contribution in [0.4, 0.5) is 0 Å². The average Bonchev–Trinajstić information content (AvgIpc) is 3.26. The molecule has 0 saturated heterocycles. The maximum atomic E-state index is 13.5. The molecule has 0 aliphatic heterocycles. The number of hydrogen-bond donors (Lipinski definition) is 0. The van der Waals surface area contributed by atoms with Crippen molar-refractivity contribution in [3.63, 3.8) is 0 Å². The molecule has 0 N–H and O–H groups in total. The maximum Gasteiger partial charge on any atom is 0.316 e. The molecule has 2 aromatic rings. The number of methoxy groups -OCH3 is 1. The molecule has 0 amide bonds. The lowest BCUT2D eigenvalue weighted by atomic mass is 9.89. The van der Waals surface area contributed by atoms with Crippen LogP contribution in [0, 0.1) is 5.92 Å². The lowest BCUT2D eigenvalue weighted by Crippen LogP contribution is -2.27. The van der Waals surface area contributed by atoms with Crippen molar-refractivity contribution < 1.29 is 9.53 Å². The fourth-order valence-corrected chi connectivity index (χ4v) is 6.48. The van der Waals surface area contributed by atoms with Gasteiger partial charge in [0.1, 0.15) is 4.83 Å². The van der Waals surface area contributed by atoms with Crippen LogP contribution in [0.25, 0.3) is 10.2 Å². The summed E-state index contributed by atoms with van der Waals surface area (Å²) in [7, 11) is 1.39. The lowest BCUT2D eigenvalue weighted by Gasteiger charge is -2.19. The monoisotopic (exact) mass is 392 g/mol. The van der Waals surface area contributed by atoms with E-state index in [1.165, 1.54) is 29.3 Å². The number of aryl methyl sites for hydroxylation is 1. The van der Waals surface area contributed by atoms with E-state index in [-0.39, 0.29) is 23.3 Å². The molecule has 0 unspecified atom stereocenters. The van der Waals surface area contributed by atoms with Crippen molar-refractivity contribution in [3.05, 3.63) is 20.8 Å². The number of carbonyl (C=O) groups excluding carboxylic acids is 1. The minimum atomic E-state index is -0.290. The molecule has 0 spiro atoms. The Bertz CT molecular complexity index is 896. The first-order valence-corrected chi connectivity index (χ1v) is 11.1. The summed E-state index contributed by atoms with van der Waals surface area (Å²) in [5.74, 6) is 0.561. The second kappa shape index (κ2) is 7.35. The Morgan fingerprint density at radius 3 is 2.85 bits per heavy atom. The predicted octanol–water partition coefficient (Wildman–Crippen LogP) is 3.96. The van der Waals surface area contributed by atoms with Crippen LogP contribution in [-0.4, -0.2) is 28.4 Å². The smallest absolute Gasteiger partial charge is 0.316 e. The minimum Gasteiger partial charge on any atom is -0.468 e. The van der Waals surface area contributed by atoms with Gasteiger partial charge in [-0.25, -0.2) is 4.98 Å². The van der Waals surface area contributed by atoms with Crippen molar-refractivity contribution in [2.75, 3.05) is 12.9 Å². The Morgan fingerprint density at radius 2 is 2.12 bits per heavy atom. The highest BCUT2D eigenvalue weighted by Crippen LogP contribution is 2.38. The minimum absolute atomic E-state index is 0.0984. The number of thiophene rings is 1. The van der Waals surface area contributed by atoms with Gasteiger partial charge in [-0.1, -0.05) is 31.5 Å². The highest BCUT2D eigenvalue weighted by atomic mass is 32.2. The Kier molecular flexibility index (Phi) is 5.10. The largest absolute Gasteiger partial charge is 0.468 e. The first kappa shape index (κ1) is 18.0. The normalized spacial score (nSPS) is 20.5.